The normalized spacial score (nSPS) is 16.2. The fourth-order valence-corrected chi connectivity index (χ4v) is 3.09. The van der Waals surface area contributed by atoms with Gasteiger partial charge in [0.15, 0.2) is 0 Å². The van der Waals surface area contributed by atoms with Crippen molar-refractivity contribution in [3.05, 3.63) is 0 Å². The molecule has 0 aromatic carbocycles. The van der Waals surface area contributed by atoms with Gasteiger partial charge in [-0.05, 0) is 25.2 Å². The van der Waals surface area contributed by atoms with Gasteiger partial charge in [-0.1, -0.05) is 66.2 Å². The largest absolute Gasteiger partial charge is 0.550 e. The molecule has 0 aliphatic rings. The van der Waals surface area contributed by atoms with Crippen LogP contribution in [0.15, 0.2) is 0 Å². The molecule has 2 heteroatoms. The summed E-state index contributed by atoms with van der Waals surface area (Å²) in [6.45, 7) is 8.43. The van der Waals surface area contributed by atoms with E-state index in [2.05, 4.69) is 20.8 Å². The van der Waals surface area contributed by atoms with E-state index in [-0.39, 0.29) is 5.92 Å². The first-order chi connectivity index (χ1) is 8.58. The topological polar surface area (TPSA) is 40.1 Å². The lowest BCUT2D eigenvalue weighted by molar-refractivity contribution is -0.323. The molecule has 0 aliphatic heterocycles. The summed E-state index contributed by atoms with van der Waals surface area (Å²) in [6, 6.07) is 0. The van der Waals surface area contributed by atoms with Gasteiger partial charge in [-0.3, -0.25) is 0 Å². The van der Waals surface area contributed by atoms with Crippen molar-refractivity contribution in [1.29, 1.82) is 0 Å². The summed E-state index contributed by atoms with van der Waals surface area (Å²) in [5.41, 5.74) is -0.585. The number of hydrogen-bond acceptors (Lipinski definition) is 2. The molecule has 0 aliphatic carbocycles. The highest BCUT2D eigenvalue weighted by atomic mass is 16.4. The van der Waals surface area contributed by atoms with Crippen molar-refractivity contribution in [2.24, 2.45) is 11.3 Å². The number of carboxylic acid groups (broad SMARTS) is 1. The van der Waals surface area contributed by atoms with Gasteiger partial charge in [-0.15, -0.1) is 0 Å². The summed E-state index contributed by atoms with van der Waals surface area (Å²) in [6.07, 6.45) is 9.08. The van der Waals surface area contributed by atoms with Crippen molar-refractivity contribution in [3.63, 3.8) is 0 Å². The number of unbranched alkanes of at least 4 members (excludes halogenated alkanes) is 3. The van der Waals surface area contributed by atoms with Gasteiger partial charge >= 0.3 is 0 Å². The van der Waals surface area contributed by atoms with Crippen LogP contribution in [0.3, 0.4) is 0 Å². The van der Waals surface area contributed by atoms with Crippen LogP contribution in [0.5, 0.6) is 0 Å². The molecule has 0 aromatic rings. The molecule has 0 heterocycles. The molecule has 0 N–H and O–H groups in total. The molecule has 0 aromatic heterocycles. The summed E-state index contributed by atoms with van der Waals surface area (Å²) in [5.74, 6) is -0.535. The lowest BCUT2D eigenvalue weighted by Gasteiger charge is -2.41. The van der Waals surface area contributed by atoms with Crippen molar-refractivity contribution in [1.82, 2.24) is 0 Å². The van der Waals surface area contributed by atoms with Crippen molar-refractivity contribution in [2.45, 2.75) is 85.5 Å². The van der Waals surface area contributed by atoms with Crippen LogP contribution in [0.2, 0.25) is 0 Å². The van der Waals surface area contributed by atoms with E-state index in [0.717, 1.165) is 38.5 Å². The Kier molecular flexibility index (Phi) is 9.13. The maximum Gasteiger partial charge on any atom is 0.0478 e. The Morgan fingerprint density at radius 2 is 1.67 bits per heavy atom. The summed E-state index contributed by atoms with van der Waals surface area (Å²) in [5, 5.41) is 11.7. The van der Waals surface area contributed by atoms with Gasteiger partial charge in [0.05, 0.1) is 0 Å². The second-order valence-electron chi connectivity index (χ2n) is 5.50. The minimum atomic E-state index is -0.818. The lowest BCUT2D eigenvalue weighted by Crippen LogP contribution is -2.47. The fraction of sp³-hybridized carbons (Fsp3) is 0.938. The highest BCUT2D eigenvalue weighted by Gasteiger charge is 2.36. The molecule has 2 unspecified atom stereocenters. The first kappa shape index (κ1) is 17.5. The monoisotopic (exact) mass is 255 g/mol. The Morgan fingerprint density at radius 1 is 1.06 bits per heavy atom. The Morgan fingerprint density at radius 3 is 2.06 bits per heavy atom. The molecule has 0 radical (unpaired) electrons. The van der Waals surface area contributed by atoms with E-state index in [0.29, 0.717) is 6.42 Å². The van der Waals surface area contributed by atoms with Crippen molar-refractivity contribution >= 4 is 5.97 Å². The van der Waals surface area contributed by atoms with E-state index in [1.54, 1.807) is 0 Å². The quantitative estimate of drug-likeness (QED) is 0.525. The van der Waals surface area contributed by atoms with E-state index in [9.17, 15) is 9.90 Å². The van der Waals surface area contributed by atoms with E-state index in [1.807, 2.05) is 6.92 Å². The van der Waals surface area contributed by atoms with Crippen molar-refractivity contribution < 1.29 is 9.90 Å². The number of aliphatic carboxylic acids is 1. The molecule has 2 nitrogen and oxygen atoms in total. The summed E-state index contributed by atoms with van der Waals surface area (Å²) in [7, 11) is 0. The second-order valence-corrected chi connectivity index (χ2v) is 5.50. The Bertz CT molecular complexity index is 225. The van der Waals surface area contributed by atoms with Gasteiger partial charge in [0, 0.05) is 11.4 Å². The van der Waals surface area contributed by atoms with E-state index in [4.69, 9.17) is 0 Å². The average Bonchev–Trinajstić information content (AvgIpc) is 2.37. The van der Waals surface area contributed by atoms with Crippen molar-refractivity contribution in [3.8, 4) is 0 Å². The van der Waals surface area contributed by atoms with E-state index >= 15 is 0 Å². The lowest BCUT2D eigenvalue weighted by atomic mass is 9.67. The highest BCUT2D eigenvalue weighted by Crippen LogP contribution is 2.41. The van der Waals surface area contributed by atoms with Gasteiger partial charge in [0.25, 0.3) is 0 Å². The molecule has 0 rings (SSSR count). The third kappa shape index (κ3) is 4.62. The molecule has 0 bridgehead atoms. The first-order valence-electron chi connectivity index (χ1n) is 7.80. The zero-order chi connectivity index (χ0) is 14.0. The van der Waals surface area contributed by atoms with Gasteiger partial charge in [-0.25, -0.2) is 0 Å². The van der Waals surface area contributed by atoms with Gasteiger partial charge in [-0.2, -0.15) is 0 Å². The fourth-order valence-electron chi connectivity index (χ4n) is 3.09. The number of carboxylic acids is 1. The second kappa shape index (κ2) is 9.41. The molecule has 0 saturated heterocycles. The van der Waals surface area contributed by atoms with Crippen molar-refractivity contribution in [2.75, 3.05) is 0 Å². The smallest absolute Gasteiger partial charge is 0.0478 e. The third-order valence-electron chi connectivity index (χ3n) is 4.44. The molecular weight excluding hydrogens is 224 g/mol. The first-order valence-corrected chi connectivity index (χ1v) is 7.80. The van der Waals surface area contributed by atoms with Crippen LogP contribution < -0.4 is 5.11 Å². The Labute approximate surface area is 113 Å². The van der Waals surface area contributed by atoms with Crippen LogP contribution in [0.4, 0.5) is 0 Å². The SMILES string of the molecule is CCCCCC(CC)C(CC)(CCCC)C(=O)[O-]. The van der Waals surface area contributed by atoms with Gasteiger partial charge in [0.2, 0.25) is 0 Å². The summed E-state index contributed by atoms with van der Waals surface area (Å²) < 4.78 is 0. The zero-order valence-corrected chi connectivity index (χ0v) is 12.8. The molecular formula is C16H31O2-. The van der Waals surface area contributed by atoms with Crippen LogP contribution >= 0.6 is 0 Å². The number of carbonyl (C=O) groups excluding carboxylic acids is 1. The predicted molar refractivity (Wildman–Crippen MR) is 75.2 cm³/mol. The summed E-state index contributed by atoms with van der Waals surface area (Å²) in [4.78, 5) is 11.7. The molecule has 18 heavy (non-hydrogen) atoms. The van der Waals surface area contributed by atoms with Crippen LogP contribution in [0.25, 0.3) is 0 Å². The Balaban J connectivity index is 4.80. The molecule has 0 fully saturated rings. The summed E-state index contributed by atoms with van der Waals surface area (Å²) >= 11 is 0. The van der Waals surface area contributed by atoms with Crippen LogP contribution in [-0.4, -0.2) is 5.97 Å². The van der Waals surface area contributed by atoms with Gasteiger partial charge < -0.3 is 9.90 Å². The van der Waals surface area contributed by atoms with Gasteiger partial charge in [0.1, 0.15) is 0 Å². The van der Waals surface area contributed by atoms with Crippen LogP contribution in [0, 0.1) is 11.3 Å². The standard InChI is InChI=1S/C16H32O2/c1-5-9-11-12-14(7-3)16(8-4,15(17)18)13-10-6-2/h14H,5-13H2,1-4H3,(H,17,18)/p-1. The highest BCUT2D eigenvalue weighted by molar-refractivity contribution is 5.72. The third-order valence-corrected chi connectivity index (χ3v) is 4.44. The number of hydrogen-bond donors (Lipinski definition) is 0. The zero-order valence-electron chi connectivity index (χ0n) is 12.8. The molecule has 2 atom stereocenters. The number of rotatable bonds is 11. The van der Waals surface area contributed by atoms with Crippen LogP contribution in [0.1, 0.15) is 85.5 Å². The minimum absolute atomic E-state index is 0.283. The van der Waals surface area contributed by atoms with Crippen LogP contribution in [-0.2, 0) is 4.79 Å². The molecule has 0 saturated carbocycles. The molecule has 0 amide bonds. The maximum atomic E-state index is 11.7. The minimum Gasteiger partial charge on any atom is -0.550 e. The molecule has 108 valence electrons. The van der Waals surface area contributed by atoms with E-state index in [1.165, 1.54) is 12.8 Å². The maximum absolute atomic E-state index is 11.7. The predicted octanol–water partition coefficient (Wildman–Crippen LogP) is 3.93. The molecule has 0 spiro atoms. The Hall–Kier alpha value is -0.530. The van der Waals surface area contributed by atoms with E-state index < -0.39 is 11.4 Å². The number of carbonyl (C=O) groups is 1. The average molecular weight is 255 g/mol.